The summed E-state index contributed by atoms with van der Waals surface area (Å²) in [6.45, 7) is 0.580. The Hall–Kier alpha value is -2.36. The minimum absolute atomic E-state index is 0.121. The van der Waals surface area contributed by atoms with Gasteiger partial charge in [-0.15, -0.1) is 0 Å². The van der Waals surface area contributed by atoms with Crippen LogP contribution in [0.2, 0.25) is 0 Å². The minimum atomic E-state index is -0.549. The predicted molar refractivity (Wildman–Crippen MR) is 72.0 cm³/mol. The maximum atomic E-state index is 13.7. The van der Waals surface area contributed by atoms with Crippen LogP contribution in [0.1, 0.15) is 21.5 Å². The Balaban J connectivity index is 2.01. The molecule has 0 aliphatic carbocycles. The highest BCUT2D eigenvalue weighted by molar-refractivity contribution is 6.11. The lowest BCUT2D eigenvalue weighted by Crippen LogP contribution is -2.04. The number of carbonyl (C=O) groups excluding carboxylic acids is 1. The number of fused-ring (bicyclic) bond motifs is 1. The van der Waals surface area contributed by atoms with Crippen LogP contribution in [-0.2, 0) is 6.42 Å². The number of rotatable bonds is 3. The van der Waals surface area contributed by atoms with Gasteiger partial charge in [-0.1, -0.05) is 12.1 Å². The lowest BCUT2D eigenvalue weighted by molar-refractivity contribution is 0.103. The van der Waals surface area contributed by atoms with Gasteiger partial charge in [0.1, 0.15) is 5.75 Å². The molecule has 1 heterocycles. The Bertz CT molecular complexity index is 679. The molecule has 0 N–H and O–H groups in total. The van der Waals surface area contributed by atoms with Crippen LogP contribution in [-0.4, -0.2) is 19.5 Å². The van der Waals surface area contributed by atoms with Gasteiger partial charge in [0, 0.05) is 12.0 Å². The third kappa shape index (κ3) is 2.03. The average molecular weight is 272 g/mol. The molecule has 1 aliphatic heterocycles. The lowest BCUT2D eigenvalue weighted by Gasteiger charge is -2.08. The summed E-state index contributed by atoms with van der Waals surface area (Å²) in [7, 11) is 1.39. The van der Waals surface area contributed by atoms with Gasteiger partial charge in [-0.05, 0) is 29.8 Å². The first-order chi connectivity index (χ1) is 9.70. The standard InChI is InChI=1S/C16H13FO3/c1-19-14-6-5-11(9-13(14)17)15(18)12-4-2-3-10-7-8-20-16(10)12/h2-6,9H,7-8H2,1H3. The molecule has 102 valence electrons. The quantitative estimate of drug-likeness (QED) is 0.806. The number of methoxy groups -OCH3 is 1. The predicted octanol–water partition coefficient (Wildman–Crippen LogP) is 3.00. The topological polar surface area (TPSA) is 35.5 Å². The van der Waals surface area contributed by atoms with Gasteiger partial charge >= 0.3 is 0 Å². The second-order valence-electron chi connectivity index (χ2n) is 4.57. The molecule has 0 spiro atoms. The third-order valence-corrected chi connectivity index (χ3v) is 3.37. The molecule has 0 saturated heterocycles. The highest BCUT2D eigenvalue weighted by Crippen LogP contribution is 2.31. The van der Waals surface area contributed by atoms with E-state index in [2.05, 4.69) is 0 Å². The molecule has 0 aromatic heterocycles. The van der Waals surface area contributed by atoms with E-state index in [0.29, 0.717) is 17.9 Å². The summed E-state index contributed by atoms with van der Waals surface area (Å²) < 4.78 is 24.0. The Kier molecular flexibility index (Phi) is 3.14. The van der Waals surface area contributed by atoms with Crippen LogP contribution in [0.25, 0.3) is 0 Å². The number of para-hydroxylation sites is 1. The molecule has 0 unspecified atom stereocenters. The number of hydrogen-bond acceptors (Lipinski definition) is 3. The first kappa shape index (κ1) is 12.7. The van der Waals surface area contributed by atoms with E-state index in [-0.39, 0.29) is 17.1 Å². The molecule has 0 bridgehead atoms. The lowest BCUT2D eigenvalue weighted by atomic mass is 9.99. The van der Waals surface area contributed by atoms with Crippen molar-refractivity contribution in [3.05, 3.63) is 58.9 Å². The van der Waals surface area contributed by atoms with Crippen LogP contribution in [0, 0.1) is 5.82 Å². The van der Waals surface area contributed by atoms with Crippen molar-refractivity contribution in [2.75, 3.05) is 13.7 Å². The average Bonchev–Trinajstić information content (AvgIpc) is 2.94. The zero-order valence-electron chi connectivity index (χ0n) is 11.0. The van der Waals surface area contributed by atoms with Gasteiger partial charge in [0.2, 0.25) is 0 Å². The maximum Gasteiger partial charge on any atom is 0.196 e. The summed E-state index contributed by atoms with van der Waals surface area (Å²) in [6.07, 6.45) is 0.799. The summed E-state index contributed by atoms with van der Waals surface area (Å²) in [5.41, 5.74) is 1.78. The van der Waals surface area contributed by atoms with Gasteiger partial charge in [0.05, 0.1) is 19.3 Å². The molecule has 1 aliphatic rings. The molecule has 4 heteroatoms. The van der Waals surface area contributed by atoms with Crippen LogP contribution in [0.5, 0.6) is 11.5 Å². The Labute approximate surface area is 115 Å². The summed E-state index contributed by atoms with van der Waals surface area (Å²) in [6, 6.07) is 9.66. The molecular formula is C16H13FO3. The summed E-state index contributed by atoms with van der Waals surface area (Å²) >= 11 is 0. The smallest absolute Gasteiger partial charge is 0.196 e. The Morgan fingerprint density at radius 1 is 1.30 bits per heavy atom. The van der Waals surface area contributed by atoms with E-state index < -0.39 is 5.82 Å². The summed E-state index contributed by atoms with van der Waals surface area (Å²) in [5.74, 6) is -0.0537. The first-order valence-electron chi connectivity index (χ1n) is 6.33. The van der Waals surface area contributed by atoms with E-state index >= 15 is 0 Å². The van der Waals surface area contributed by atoms with Crippen molar-refractivity contribution in [2.24, 2.45) is 0 Å². The monoisotopic (exact) mass is 272 g/mol. The van der Waals surface area contributed by atoms with Crippen LogP contribution in [0.4, 0.5) is 4.39 Å². The zero-order valence-corrected chi connectivity index (χ0v) is 11.0. The number of carbonyl (C=O) groups is 1. The molecule has 0 fully saturated rings. The molecule has 0 saturated carbocycles. The van der Waals surface area contributed by atoms with Gasteiger partial charge in [-0.3, -0.25) is 4.79 Å². The first-order valence-corrected chi connectivity index (χ1v) is 6.33. The number of ether oxygens (including phenoxy) is 2. The second-order valence-corrected chi connectivity index (χ2v) is 4.57. The van der Waals surface area contributed by atoms with Crippen molar-refractivity contribution >= 4 is 5.78 Å². The molecule has 2 aromatic carbocycles. The van der Waals surface area contributed by atoms with Crippen molar-refractivity contribution in [3.63, 3.8) is 0 Å². The van der Waals surface area contributed by atoms with Gasteiger partial charge in [0.25, 0.3) is 0 Å². The summed E-state index contributed by atoms with van der Waals surface area (Å²) in [4.78, 5) is 12.5. The molecule has 2 aromatic rings. The Morgan fingerprint density at radius 3 is 2.90 bits per heavy atom. The van der Waals surface area contributed by atoms with Gasteiger partial charge in [-0.25, -0.2) is 4.39 Å². The molecule has 0 amide bonds. The van der Waals surface area contributed by atoms with Gasteiger partial charge in [0.15, 0.2) is 17.3 Å². The number of halogens is 1. The third-order valence-electron chi connectivity index (χ3n) is 3.37. The fourth-order valence-corrected chi connectivity index (χ4v) is 2.36. The van der Waals surface area contributed by atoms with E-state index in [1.54, 1.807) is 12.1 Å². The molecule has 3 rings (SSSR count). The van der Waals surface area contributed by atoms with Gasteiger partial charge < -0.3 is 9.47 Å². The van der Waals surface area contributed by atoms with E-state index in [0.717, 1.165) is 12.0 Å². The fraction of sp³-hybridized carbons (Fsp3) is 0.188. The van der Waals surface area contributed by atoms with E-state index in [1.807, 2.05) is 12.1 Å². The molecule has 0 atom stereocenters. The van der Waals surface area contributed by atoms with Crippen molar-refractivity contribution in [1.82, 2.24) is 0 Å². The van der Waals surface area contributed by atoms with Crippen molar-refractivity contribution in [1.29, 1.82) is 0 Å². The van der Waals surface area contributed by atoms with Crippen molar-refractivity contribution in [2.45, 2.75) is 6.42 Å². The van der Waals surface area contributed by atoms with E-state index in [4.69, 9.17) is 9.47 Å². The number of benzene rings is 2. The zero-order chi connectivity index (χ0) is 14.1. The number of hydrogen-bond donors (Lipinski definition) is 0. The van der Waals surface area contributed by atoms with E-state index in [9.17, 15) is 9.18 Å². The highest BCUT2D eigenvalue weighted by atomic mass is 19.1. The van der Waals surface area contributed by atoms with Crippen molar-refractivity contribution in [3.8, 4) is 11.5 Å². The minimum Gasteiger partial charge on any atom is -0.494 e. The molecular weight excluding hydrogens is 259 g/mol. The summed E-state index contributed by atoms with van der Waals surface area (Å²) in [5, 5.41) is 0. The molecule has 3 nitrogen and oxygen atoms in total. The second kappa shape index (κ2) is 4.96. The highest BCUT2D eigenvalue weighted by Gasteiger charge is 2.22. The Morgan fingerprint density at radius 2 is 2.15 bits per heavy atom. The maximum absolute atomic E-state index is 13.7. The van der Waals surface area contributed by atoms with Crippen LogP contribution in [0.3, 0.4) is 0 Å². The van der Waals surface area contributed by atoms with Crippen LogP contribution >= 0.6 is 0 Å². The molecule has 0 radical (unpaired) electrons. The van der Waals surface area contributed by atoms with Crippen LogP contribution in [0.15, 0.2) is 36.4 Å². The van der Waals surface area contributed by atoms with Crippen LogP contribution < -0.4 is 9.47 Å². The SMILES string of the molecule is COc1ccc(C(=O)c2cccc3c2OCC3)cc1F. The van der Waals surface area contributed by atoms with Gasteiger partial charge in [-0.2, -0.15) is 0 Å². The van der Waals surface area contributed by atoms with E-state index in [1.165, 1.54) is 19.2 Å². The molecule has 20 heavy (non-hydrogen) atoms. The van der Waals surface area contributed by atoms with Crippen molar-refractivity contribution < 1.29 is 18.7 Å². The fourth-order valence-electron chi connectivity index (χ4n) is 2.36. The normalized spacial score (nSPS) is 12.7. The largest absolute Gasteiger partial charge is 0.494 e. The number of ketones is 1.